The Morgan fingerprint density at radius 2 is 1.76 bits per heavy atom. The predicted molar refractivity (Wildman–Crippen MR) is 89.1 cm³/mol. The van der Waals surface area contributed by atoms with Crippen LogP contribution < -0.4 is 4.72 Å². The molecule has 6 heteroatoms. The molecule has 0 saturated heterocycles. The van der Waals surface area contributed by atoms with Crippen LogP contribution in [0.15, 0.2) is 57.9 Å². The van der Waals surface area contributed by atoms with E-state index in [1.165, 1.54) is 0 Å². The molecule has 2 aromatic carbocycles. The van der Waals surface area contributed by atoms with Gasteiger partial charge in [0.05, 0.1) is 4.90 Å². The molecule has 0 radical (unpaired) electrons. The zero-order valence-electron chi connectivity index (χ0n) is 11.4. The lowest BCUT2D eigenvalue weighted by molar-refractivity contribution is 0.559. The van der Waals surface area contributed by atoms with Crippen LogP contribution in [0.1, 0.15) is 12.5 Å². The Kier molecular flexibility index (Phi) is 5.43. The normalized spacial score (nSPS) is 13.1. The van der Waals surface area contributed by atoms with E-state index >= 15 is 0 Å². The van der Waals surface area contributed by atoms with Crippen molar-refractivity contribution in [3.63, 3.8) is 0 Å². The maximum atomic E-state index is 12.3. The third-order valence-electron chi connectivity index (χ3n) is 2.94. The van der Waals surface area contributed by atoms with E-state index in [-0.39, 0.29) is 10.9 Å². The fraction of sp³-hybridized carbons (Fsp3) is 0.200. The van der Waals surface area contributed by atoms with Gasteiger partial charge in [0, 0.05) is 15.5 Å². The molecule has 1 N–H and O–H groups in total. The standard InChI is InChI=1S/C15H15BrClNO2S/c1-11(10-12-6-8-13(17)9-7-12)18-21(19,20)15-5-3-2-4-14(15)16/h2-9,11,18H,10H2,1H3. The Bertz CT molecular complexity index is 717. The van der Waals surface area contributed by atoms with Crippen molar-refractivity contribution in [1.29, 1.82) is 0 Å². The molecule has 21 heavy (non-hydrogen) atoms. The van der Waals surface area contributed by atoms with Crippen molar-refractivity contribution < 1.29 is 8.42 Å². The van der Waals surface area contributed by atoms with Gasteiger partial charge in [-0.25, -0.2) is 13.1 Å². The van der Waals surface area contributed by atoms with Gasteiger partial charge < -0.3 is 0 Å². The van der Waals surface area contributed by atoms with Crippen molar-refractivity contribution in [2.24, 2.45) is 0 Å². The maximum absolute atomic E-state index is 12.3. The highest BCUT2D eigenvalue weighted by Crippen LogP contribution is 2.21. The molecule has 0 aliphatic heterocycles. The molecular weight excluding hydrogens is 374 g/mol. The third kappa shape index (κ3) is 4.54. The summed E-state index contributed by atoms with van der Waals surface area (Å²) in [5.41, 5.74) is 1.03. The lowest BCUT2D eigenvalue weighted by Gasteiger charge is -2.15. The van der Waals surface area contributed by atoms with Crippen LogP contribution in [0.3, 0.4) is 0 Å². The van der Waals surface area contributed by atoms with Gasteiger partial charge in [0.15, 0.2) is 0 Å². The van der Waals surface area contributed by atoms with E-state index in [4.69, 9.17) is 11.6 Å². The number of hydrogen-bond acceptors (Lipinski definition) is 2. The fourth-order valence-corrected chi connectivity index (χ4v) is 4.38. The number of rotatable bonds is 5. The molecule has 0 spiro atoms. The number of benzene rings is 2. The van der Waals surface area contributed by atoms with Gasteiger partial charge in [0.25, 0.3) is 0 Å². The molecule has 1 atom stereocenters. The Morgan fingerprint density at radius 1 is 1.14 bits per heavy atom. The second kappa shape index (κ2) is 6.92. The van der Waals surface area contributed by atoms with E-state index in [2.05, 4.69) is 20.7 Å². The summed E-state index contributed by atoms with van der Waals surface area (Å²) in [6, 6.07) is 13.9. The summed E-state index contributed by atoms with van der Waals surface area (Å²) in [4.78, 5) is 0.243. The van der Waals surface area contributed by atoms with Crippen molar-refractivity contribution in [2.45, 2.75) is 24.3 Å². The zero-order valence-corrected chi connectivity index (χ0v) is 14.5. The minimum atomic E-state index is -3.54. The first-order valence-electron chi connectivity index (χ1n) is 6.40. The van der Waals surface area contributed by atoms with Crippen molar-refractivity contribution in [2.75, 3.05) is 0 Å². The largest absolute Gasteiger partial charge is 0.241 e. The van der Waals surface area contributed by atoms with Crippen LogP contribution in [0.5, 0.6) is 0 Å². The number of hydrogen-bond donors (Lipinski definition) is 1. The Hall–Kier alpha value is -0.880. The van der Waals surface area contributed by atoms with Gasteiger partial charge in [-0.1, -0.05) is 35.9 Å². The van der Waals surface area contributed by atoms with Gasteiger partial charge in [-0.2, -0.15) is 0 Å². The fourth-order valence-electron chi connectivity index (χ4n) is 2.01. The molecule has 1 unspecified atom stereocenters. The summed E-state index contributed by atoms with van der Waals surface area (Å²) < 4.78 is 27.9. The average molecular weight is 389 g/mol. The number of nitrogens with one attached hydrogen (secondary N) is 1. The molecule has 0 aliphatic rings. The molecule has 3 nitrogen and oxygen atoms in total. The van der Waals surface area contributed by atoms with Gasteiger partial charge in [-0.05, 0) is 59.1 Å². The zero-order chi connectivity index (χ0) is 15.5. The van der Waals surface area contributed by atoms with Gasteiger partial charge in [-0.3, -0.25) is 0 Å². The third-order valence-corrected chi connectivity index (χ3v) is 5.79. The molecule has 0 bridgehead atoms. The van der Waals surface area contributed by atoms with Crippen LogP contribution in [0.25, 0.3) is 0 Å². The van der Waals surface area contributed by atoms with Crippen molar-refractivity contribution in [1.82, 2.24) is 4.72 Å². The second-order valence-electron chi connectivity index (χ2n) is 4.78. The summed E-state index contributed by atoms with van der Waals surface area (Å²) >= 11 is 9.10. The summed E-state index contributed by atoms with van der Waals surface area (Å²) in [5.74, 6) is 0. The predicted octanol–water partition coefficient (Wildman–Crippen LogP) is 4.01. The maximum Gasteiger partial charge on any atom is 0.241 e. The molecule has 112 valence electrons. The molecule has 0 amide bonds. The van der Waals surface area contributed by atoms with Gasteiger partial charge >= 0.3 is 0 Å². The minimum Gasteiger partial charge on any atom is -0.208 e. The highest BCUT2D eigenvalue weighted by Gasteiger charge is 2.19. The molecule has 0 saturated carbocycles. The minimum absolute atomic E-state index is 0.219. The quantitative estimate of drug-likeness (QED) is 0.841. The lowest BCUT2D eigenvalue weighted by Crippen LogP contribution is -2.34. The van der Waals surface area contributed by atoms with Gasteiger partial charge in [0.2, 0.25) is 10.0 Å². The molecule has 0 aliphatic carbocycles. The van der Waals surface area contributed by atoms with Crippen LogP contribution in [-0.2, 0) is 16.4 Å². The van der Waals surface area contributed by atoms with Crippen molar-refractivity contribution in [3.05, 3.63) is 63.6 Å². The van der Waals surface area contributed by atoms with E-state index in [1.54, 1.807) is 36.4 Å². The lowest BCUT2D eigenvalue weighted by atomic mass is 10.1. The van der Waals surface area contributed by atoms with Gasteiger partial charge in [0.1, 0.15) is 0 Å². The number of halogens is 2. The number of sulfonamides is 1. The van der Waals surface area contributed by atoms with E-state index in [1.807, 2.05) is 19.1 Å². The smallest absolute Gasteiger partial charge is 0.208 e. The monoisotopic (exact) mass is 387 g/mol. The molecular formula is C15H15BrClNO2S. The van der Waals surface area contributed by atoms with Crippen molar-refractivity contribution in [3.8, 4) is 0 Å². The first-order chi connectivity index (χ1) is 9.88. The topological polar surface area (TPSA) is 46.2 Å². The van der Waals surface area contributed by atoms with Crippen molar-refractivity contribution >= 4 is 37.6 Å². The van der Waals surface area contributed by atoms with E-state index < -0.39 is 10.0 Å². The van der Waals surface area contributed by atoms with E-state index in [0.29, 0.717) is 15.9 Å². The first-order valence-corrected chi connectivity index (χ1v) is 9.05. The Balaban J connectivity index is 2.10. The Morgan fingerprint density at radius 3 is 2.38 bits per heavy atom. The van der Waals surface area contributed by atoms with E-state index in [9.17, 15) is 8.42 Å². The summed E-state index contributed by atoms with van der Waals surface area (Å²) in [7, 11) is -3.54. The first kappa shape index (κ1) is 16.5. The molecule has 2 aromatic rings. The van der Waals surface area contributed by atoms with Crippen LogP contribution in [0.2, 0.25) is 5.02 Å². The van der Waals surface area contributed by atoms with Crippen LogP contribution >= 0.6 is 27.5 Å². The van der Waals surface area contributed by atoms with Crippen LogP contribution in [0, 0.1) is 0 Å². The highest BCUT2D eigenvalue weighted by atomic mass is 79.9. The van der Waals surface area contributed by atoms with Gasteiger partial charge in [-0.15, -0.1) is 0 Å². The average Bonchev–Trinajstić information content (AvgIpc) is 2.41. The van der Waals surface area contributed by atoms with Crippen LogP contribution in [-0.4, -0.2) is 14.5 Å². The van der Waals surface area contributed by atoms with E-state index in [0.717, 1.165) is 5.56 Å². The highest BCUT2D eigenvalue weighted by molar-refractivity contribution is 9.10. The molecule has 0 fully saturated rings. The molecule has 0 heterocycles. The molecule has 0 aromatic heterocycles. The molecule has 2 rings (SSSR count). The second-order valence-corrected chi connectivity index (χ2v) is 7.76. The summed E-state index contributed by atoms with van der Waals surface area (Å²) in [5, 5.41) is 0.667. The SMILES string of the molecule is CC(Cc1ccc(Cl)cc1)NS(=O)(=O)c1ccccc1Br. The summed E-state index contributed by atoms with van der Waals surface area (Å²) in [6.45, 7) is 1.84. The van der Waals surface area contributed by atoms with Crippen LogP contribution in [0.4, 0.5) is 0 Å². The Labute approximate surface area is 138 Å². The summed E-state index contributed by atoms with van der Waals surface area (Å²) in [6.07, 6.45) is 0.598.